The molecule has 1 amide bonds. The second-order valence-electron chi connectivity index (χ2n) is 7.17. The van der Waals surface area contributed by atoms with E-state index in [-0.39, 0.29) is 11.3 Å². The number of rotatable bonds is 5. The first-order valence-corrected chi connectivity index (χ1v) is 11.0. The Morgan fingerprint density at radius 1 is 1.16 bits per heavy atom. The number of aliphatic hydroxyl groups is 1. The van der Waals surface area contributed by atoms with E-state index in [4.69, 9.17) is 20.8 Å². The maximum Gasteiger partial charge on any atom is 0.300 e. The van der Waals surface area contributed by atoms with Crippen molar-refractivity contribution in [3.05, 3.63) is 86.7 Å². The van der Waals surface area contributed by atoms with Gasteiger partial charge < -0.3 is 14.3 Å². The third kappa shape index (κ3) is 3.94. The summed E-state index contributed by atoms with van der Waals surface area (Å²) < 4.78 is 12.1. The number of nitrogens with zero attached hydrogens (tertiary/aromatic N) is 1. The van der Waals surface area contributed by atoms with Crippen molar-refractivity contribution in [2.75, 3.05) is 11.5 Å². The van der Waals surface area contributed by atoms with E-state index in [0.717, 1.165) is 4.47 Å². The molecule has 1 fully saturated rings. The first kappa shape index (κ1) is 22.2. The molecule has 1 aromatic heterocycles. The number of hydrogen-bond acceptors (Lipinski definition) is 5. The fourth-order valence-electron chi connectivity index (χ4n) is 3.64. The summed E-state index contributed by atoms with van der Waals surface area (Å²) in [6.07, 6.45) is 0. The third-order valence-corrected chi connectivity index (χ3v) is 5.93. The topological polar surface area (TPSA) is 80.0 Å². The number of carbonyl (C=O) groups excluding carboxylic acids is 2. The Hall–Kier alpha value is -3.03. The van der Waals surface area contributed by atoms with Crippen molar-refractivity contribution in [2.24, 2.45) is 0 Å². The number of furan rings is 1. The molecule has 0 radical (unpaired) electrons. The van der Waals surface area contributed by atoms with Gasteiger partial charge in [-0.05, 0) is 68.4 Å². The summed E-state index contributed by atoms with van der Waals surface area (Å²) >= 11 is 9.54. The fraction of sp³-hybridized carbons (Fsp3) is 0.167. The lowest BCUT2D eigenvalue weighted by Crippen LogP contribution is -2.29. The van der Waals surface area contributed by atoms with Crippen LogP contribution in [0.4, 0.5) is 5.69 Å². The predicted octanol–water partition coefficient (Wildman–Crippen LogP) is 6.03. The van der Waals surface area contributed by atoms with Crippen molar-refractivity contribution in [2.45, 2.75) is 19.9 Å². The summed E-state index contributed by atoms with van der Waals surface area (Å²) in [5, 5.41) is 11.5. The van der Waals surface area contributed by atoms with Crippen molar-refractivity contribution < 1.29 is 23.8 Å². The number of benzene rings is 2. The Bertz CT molecular complexity index is 1230. The van der Waals surface area contributed by atoms with Crippen molar-refractivity contribution in [3.8, 4) is 5.75 Å². The molecule has 3 aromatic rings. The molecule has 1 aliphatic rings. The van der Waals surface area contributed by atoms with Gasteiger partial charge in [-0.1, -0.05) is 27.5 Å². The molecule has 6 nitrogen and oxygen atoms in total. The second kappa shape index (κ2) is 8.84. The number of hydrogen-bond donors (Lipinski definition) is 1. The molecule has 32 heavy (non-hydrogen) atoms. The van der Waals surface area contributed by atoms with Gasteiger partial charge in [-0.25, -0.2) is 0 Å². The molecule has 8 heteroatoms. The minimum atomic E-state index is -0.934. The molecule has 2 heterocycles. The van der Waals surface area contributed by atoms with Crippen LogP contribution in [0.15, 0.2) is 69.1 Å². The summed E-state index contributed by atoms with van der Waals surface area (Å²) in [6, 6.07) is 14.1. The smallest absolute Gasteiger partial charge is 0.300 e. The highest BCUT2D eigenvalue weighted by molar-refractivity contribution is 9.10. The van der Waals surface area contributed by atoms with Crippen LogP contribution in [0.1, 0.15) is 30.0 Å². The van der Waals surface area contributed by atoms with Crippen LogP contribution in [0.2, 0.25) is 5.02 Å². The van der Waals surface area contributed by atoms with Crippen LogP contribution in [0.5, 0.6) is 5.75 Å². The zero-order valence-electron chi connectivity index (χ0n) is 17.3. The molecule has 1 unspecified atom stereocenters. The Morgan fingerprint density at radius 3 is 2.50 bits per heavy atom. The summed E-state index contributed by atoms with van der Waals surface area (Å²) in [5.41, 5.74) is 0.733. The van der Waals surface area contributed by atoms with Gasteiger partial charge in [-0.2, -0.15) is 0 Å². The van der Waals surface area contributed by atoms with Crippen LogP contribution in [0.25, 0.3) is 5.76 Å². The number of aryl methyl sites for hydroxylation is 1. The number of amides is 1. The standard InChI is InChI=1S/C24H19BrClNO5/c1-3-31-19-12-14(5-10-17(19)26)22(28)20-21(18-11-4-13(2)32-18)27(24(30)23(20)29)16-8-6-15(25)7-9-16/h4-12,21,28H,3H2,1-2H3/b22-20-. The lowest BCUT2D eigenvalue weighted by Gasteiger charge is -2.23. The minimum Gasteiger partial charge on any atom is -0.507 e. The van der Waals surface area contributed by atoms with Crippen molar-refractivity contribution in [1.29, 1.82) is 0 Å². The highest BCUT2D eigenvalue weighted by Crippen LogP contribution is 2.43. The first-order chi connectivity index (χ1) is 15.3. The highest BCUT2D eigenvalue weighted by atomic mass is 79.9. The van der Waals surface area contributed by atoms with Gasteiger partial charge >= 0.3 is 0 Å². The zero-order valence-corrected chi connectivity index (χ0v) is 19.6. The monoisotopic (exact) mass is 515 g/mol. The normalized spacial score (nSPS) is 17.8. The van der Waals surface area contributed by atoms with Crippen LogP contribution in [-0.2, 0) is 9.59 Å². The van der Waals surface area contributed by atoms with E-state index in [9.17, 15) is 14.7 Å². The number of anilines is 1. The molecule has 1 atom stereocenters. The number of aliphatic hydroxyl groups excluding tert-OH is 1. The van der Waals surface area contributed by atoms with Gasteiger partial charge in [0.05, 0.1) is 17.2 Å². The van der Waals surface area contributed by atoms with E-state index in [0.29, 0.717) is 40.2 Å². The first-order valence-electron chi connectivity index (χ1n) is 9.87. The van der Waals surface area contributed by atoms with Crippen LogP contribution in [-0.4, -0.2) is 23.4 Å². The minimum absolute atomic E-state index is 0.0722. The molecule has 1 aliphatic heterocycles. The number of halogens is 2. The van der Waals surface area contributed by atoms with Crippen LogP contribution in [0, 0.1) is 6.92 Å². The van der Waals surface area contributed by atoms with Crippen molar-refractivity contribution in [1.82, 2.24) is 0 Å². The molecule has 0 saturated carbocycles. The Labute approximate surface area is 198 Å². The van der Waals surface area contributed by atoms with E-state index >= 15 is 0 Å². The van der Waals surface area contributed by atoms with E-state index in [2.05, 4.69) is 15.9 Å². The largest absolute Gasteiger partial charge is 0.507 e. The zero-order chi connectivity index (χ0) is 23.0. The van der Waals surface area contributed by atoms with E-state index in [1.807, 2.05) is 6.92 Å². The molecule has 0 spiro atoms. The molecule has 164 valence electrons. The van der Waals surface area contributed by atoms with Gasteiger partial charge in [0.25, 0.3) is 11.7 Å². The predicted molar refractivity (Wildman–Crippen MR) is 125 cm³/mol. The maximum absolute atomic E-state index is 13.1. The van der Waals surface area contributed by atoms with Crippen molar-refractivity contribution in [3.63, 3.8) is 0 Å². The molecule has 1 saturated heterocycles. The molecule has 0 aliphatic carbocycles. The molecule has 4 rings (SSSR count). The summed E-state index contributed by atoms with van der Waals surface area (Å²) in [7, 11) is 0. The Balaban J connectivity index is 1.91. The highest BCUT2D eigenvalue weighted by Gasteiger charge is 2.48. The lowest BCUT2D eigenvalue weighted by molar-refractivity contribution is -0.132. The third-order valence-electron chi connectivity index (χ3n) is 5.08. The van der Waals surface area contributed by atoms with Crippen LogP contribution >= 0.6 is 27.5 Å². The van der Waals surface area contributed by atoms with Gasteiger partial charge in [0.15, 0.2) is 0 Å². The number of ether oxygens (including phenoxy) is 1. The number of ketones is 1. The summed E-state index contributed by atoms with van der Waals surface area (Å²) in [5.74, 6) is -0.550. The molecule has 2 aromatic carbocycles. The Morgan fingerprint density at radius 2 is 1.88 bits per heavy atom. The van der Waals surface area contributed by atoms with E-state index in [1.165, 1.54) is 4.90 Å². The van der Waals surface area contributed by atoms with Gasteiger partial charge in [0, 0.05) is 15.7 Å². The molecule has 1 N–H and O–H groups in total. The average Bonchev–Trinajstić information content (AvgIpc) is 3.31. The fourth-order valence-corrected chi connectivity index (χ4v) is 4.08. The van der Waals surface area contributed by atoms with Gasteiger partial charge in [0.1, 0.15) is 29.1 Å². The van der Waals surface area contributed by atoms with E-state index < -0.39 is 17.7 Å². The van der Waals surface area contributed by atoms with Crippen molar-refractivity contribution >= 4 is 50.7 Å². The Kier molecular flexibility index (Phi) is 6.13. The average molecular weight is 517 g/mol. The SMILES string of the molecule is CCOc1cc(/C(O)=C2/C(=O)C(=O)N(c3ccc(Br)cc3)C2c2ccc(C)o2)ccc1Cl. The molecule has 0 bridgehead atoms. The van der Waals surface area contributed by atoms with Gasteiger partial charge in [-0.15, -0.1) is 0 Å². The molecular formula is C24H19BrClNO5. The summed E-state index contributed by atoms with van der Waals surface area (Å²) in [6.45, 7) is 3.96. The molecular weight excluding hydrogens is 498 g/mol. The van der Waals surface area contributed by atoms with Gasteiger partial charge in [-0.3, -0.25) is 14.5 Å². The van der Waals surface area contributed by atoms with E-state index in [1.54, 1.807) is 61.5 Å². The van der Waals surface area contributed by atoms with Gasteiger partial charge in [0.2, 0.25) is 0 Å². The van der Waals surface area contributed by atoms with Crippen LogP contribution < -0.4 is 9.64 Å². The maximum atomic E-state index is 13.1. The quantitative estimate of drug-likeness (QED) is 0.254. The lowest BCUT2D eigenvalue weighted by atomic mass is 9.99. The second-order valence-corrected chi connectivity index (χ2v) is 8.50. The number of carbonyl (C=O) groups is 2. The van der Waals surface area contributed by atoms with Crippen LogP contribution in [0.3, 0.4) is 0 Å². The number of Topliss-reactive ketones (excluding diaryl/α,β-unsaturated/α-hetero) is 1. The summed E-state index contributed by atoms with van der Waals surface area (Å²) in [4.78, 5) is 27.5.